The van der Waals surface area contributed by atoms with Gasteiger partial charge in [-0.1, -0.05) is 20.8 Å². The molecule has 0 nitrogen and oxygen atoms in total. The summed E-state index contributed by atoms with van der Waals surface area (Å²) in [5.41, 5.74) is 3.16. The van der Waals surface area contributed by atoms with E-state index in [1.165, 1.54) is 11.1 Å². The normalized spacial score (nSPS) is 11.8. The van der Waals surface area contributed by atoms with Crippen LogP contribution in [0.4, 0.5) is 17.3 Å². The average Bonchev–Trinajstić information content (AvgIpc) is 1.99. The smallest absolute Gasteiger partial charge is 0.418 e. The van der Waals surface area contributed by atoms with E-state index in [-0.39, 0.29) is 0 Å². The minimum absolute atomic E-state index is 0.293. The van der Waals surface area contributed by atoms with Crippen LogP contribution in [0.15, 0.2) is 16.8 Å². The summed E-state index contributed by atoms with van der Waals surface area (Å²) < 4.78 is 39.0. The quantitative estimate of drug-likeness (QED) is 0.349. The molecule has 0 saturated heterocycles. The minimum atomic E-state index is -6.00. The molecule has 0 amide bonds. The molecule has 0 bridgehead atoms. The van der Waals surface area contributed by atoms with Crippen LogP contribution in [0.25, 0.3) is 0 Å². The molecule has 1 heterocycles. The third kappa shape index (κ3) is 7.62. The molecule has 0 aliphatic rings. The number of aryl methyl sites for hydroxylation is 1. The monoisotopic (exact) mass is 254 g/mol. The fourth-order valence-electron chi connectivity index (χ4n) is 1.20. The van der Waals surface area contributed by atoms with Crippen LogP contribution in [0, 0.1) is 6.92 Å². The van der Waals surface area contributed by atoms with Gasteiger partial charge in [0, 0.05) is 5.56 Å². The van der Waals surface area contributed by atoms with Crippen molar-refractivity contribution in [2.75, 3.05) is 0 Å². The summed E-state index contributed by atoms with van der Waals surface area (Å²) in [6.45, 7) is 8.93. The van der Waals surface area contributed by atoms with Gasteiger partial charge in [-0.3, -0.25) is 0 Å². The molecule has 1 rings (SSSR count). The predicted octanol–water partition coefficient (Wildman–Crippen LogP) is 4.94. The first-order valence-corrected chi connectivity index (χ1v) is 5.70. The van der Waals surface area contributed by atoms with E-state index < -0.39 is 7.25 Å². The predicted molar refractivity (Wildman–Crippen MR) is 62.3 cm³/mol. The van der Waals surface area contributed by atoms with Crippen molar-refractivity contribution in [1.82, 2.24) is 0 Å². The van der Waals surface area contributed by atoms with Crippen molar-refractivity contribution in [2.45, 2.75) is 33.1 Å². The maximum atomic E-state index is 9.75. The Morgan fingerprint density at radius 2 is 1.56 bits per heavy atom. The van der Waals surface area contributed by atoms with Crippen LogP contribution < -0.4 is 0 Å². The van der Waals surface area contributed by atoms with Crippen molar-refractivity contribution in [2.24, 2.45) is 0 Å². The Bertz CT molecular complexity index is 324. The molecule has 6 heteroatoms. The van der Waals surface area contributed by atoms with Gasteiger partial charge in [-0.2, -0.15) is 0 Å². The van der Waals surface area contributed by atoms with Crippen LogP contribution in [0.1, 0.15) is 31.9 Å². The van der Waals surface area contributed by atoms with E-state index in [2.05, 4.69) is 44.5 Å². The highest BCUT2D eigenvalue weighted by Gasteiger charge is 2.20. The summed E-state index contributed by atoms with van der Waals surface area (Å²) in [7, 11) is -6.00. The van der Waals surface area contributed by atoms with Crippen LogP contribution in [0.5, 0.6) is 0 Å². The summed E-state index contributed by atoms with van der Waals surface area (Å²) in [6.07, 6.45) is 0. The highest BCUT2D eigenvalue weighted by atomic mass is 32.1. The Balaban J connectivity index is 0.000000385. The van der Waals surface area contributed by atoms with Gasteiger partial charge in [-0.05, 0) is 24.0 Å². The molecule has 0 N–H and O–H groups in total. The second kappa shape index (κ2) is 5.61. The van der Waals surface area contributed by atoms with Gasteiger partial charge in [-0.25, -0.2) is 0 Å². The lowest BCUT2D eigenvalue weighted by molar-refractivity contribution is 0.368. The van der Waals surface area contributed by atoms with Crippen molar-refractivity contribution in [3.63, 3.8) is 0 Å². The molecule has 1 aromatic rings. The molecule has 0 fully saturated rings. The van der Waals surface area contributed by atoms with Crippen molar-refractivity contribution >= 4 is 18.6 Å². The van der Waals surface area contributed by atoms with Gasteiger partial charge in [0.1, 0.15) is 0 Å². The first-order chi connectivity index (χ1) is 7.02. The summed E-state index contributed by atoms with van der Waals surface area (Å²) in [5.74, 6) is 0. The third-order valence-electron chi connectivity index (χ3n) is 1.82. The van der Waals surface area contributed by atoms with Crippen LogP contribution in [-0.2, 0) is 5.41 Å². The summed E-state index contributed by atoms with van der Waals surface area (Å²) in [6, 6.07) is 2.19. The fourth-order valence-corrected chi connectivity index (χ4v) is 2.24. The van der Waals surface area contributed by atoms with Gasteiger partial charge < -0.3 is 17.3 Å². The van der Waals surface area contributed by atoms with Crippen LogP contribution in [0.2, 0.25) is 0 Å². The van der Waals surface area contributed by atoms with E-state index in [0.717, 1.165) is 0 Å². The maximum absolute atomic E-state index is 9.75. The summed E-state index contributed by atoms with van der Waals surface area (Å²) in [5, 5.41) is 4.37. The van der Waals surface area contributed by atoms with Gasteiger partial charge in [-0.15, -0.1) is 0 Å². The lowest BCUT2D eigenvalue weighted by Gasteiger charge is -2.17. The summed E-state index contributed by atoms with van der Waals surface area (Å²) in [4.78, 5) is 0. The fraction of sp³-hybridized carbons (Fsp3) is 0.500. The molecule has 0 saturated carbocycles. The van der Waals surface area contributed by atoms with Crippen molar-refractivity contribution in [3.8, 4) is 0 Å². The highest BCUT2D eigenvalue weighted by Crippen LogP contribution is 2.26. The van der Waals surface area contributed by atoms with E-state index in [9.17, 15) is 17.3 Å². The number of hydrogen-bond donors (Lipinski definition) is 0. The Hall–Kier alpha value is -0.645. The highest BCUT2D eigenvalue weighted by molar-refractivity contribution is 7.07. The van der Waals surface area contributed by atoms with E-state index in [0.29, 0.717) is 5.41 Å². The molecular formula is C10H15BF4S. The van der Waals surface area contributed by atoms with Crippen LogP contribution >= 0.6 is 11.3 Å². The third-order valence-corrected chi connectivity index (χ3v) is 2.48. The Kier molecular flexibility index (Phi) is 5.39. The Morgan fingerprint density at radius 3 is 1.81 bits per heavy atom. The second-order valence-electron chi connectivity index (χ2n) is 4.40. The Morgan fingerprint density at radius 1 is 1.12 bits per heavy atom. The zero-order valence-electron chi connectivity index (χ0n) is 9.73. The maximum Gasteiger partial charge on any atom is 0.673 e. The molecule has 0 aromatic carbocycles. The van der Waals surface area contributed by atoms with E-state index >= 15 is 0 Å². The van der Waals surface area contributed by atoms with E-state index in [1.807, 2.05) is 0 Å². The molecule has 0 aliphatic heterocycles. The van der Waals surface area contributed by atoms with Gasteiger partial charge in [0.25, 0.3) is 0 Å². The lowest BCUT2D eigenvalue weighted by Crippen LogP contribution is -2.12. The molecule has 0 atom stereocenters. The molecule has 0 aliphatic carbocycles. The first-order valence-electron chi connectivity index (χ1n) is 4.75. The van der Waals surface area contributed by atoms with Gasteiger partial charge >= 0.3 is 7.25 Å². The SMILES string of the molecule is Cc1cc[s+]cc1C(C)(C)C.F[B-](F)(F)F. The minimum Gasteiger partial charge on any atom is -0.418 e. The van der Waals surface area contributed by atoms with Crippen molar-refractivity contribution in [3.05, 3.63) is 28.0 Å². The summed E-state index contributed by atoms with van der Waals surface area (Å²) >= 11 is 1.77. The number of halogens is 4. The first kappa shape index (κ1) is 15.4. The molecule has 16 heavy (non-hydrogen) atoms. The molecule has 1 aromatic heterocycles. The van der Waals surface area contributed by atoms with Crippen molar-refractivity contribution in [1.29, 1.82) is 0 Å². The van der Waals surface area contributed by atoms with Gasteiger partial charge in [0.05, 0.1) is 0 Å². The largest absolute Gasteiger partial charge is 0.673 e. The molecule has 0 unspecified atom stereocenters. The standard InChI is InChI=1S/C10H15S.BF4/c1-8-5-6-11-7-9(8)10(2,3)4;2-1(3,4)5/h5-7H,1-4H3;/q+1;-1. The number of hydrogen-bond acceptors (Lipinski definition) is 0. The van der Waals surface area contributed by atoms with Gasteiger partial charge in [0.15, 0.2) is 10.8 Å². The topological polar surface area (TPSA) is 0 Å². The van der Waals surface area contributed by atoms with E-state index in [1.54, 1.807) is 11.3 Å². The zero-order chi connectivity index (χ0) is 13.0. The van der Waals surface area contributed by atoms with E-state index in [4.69, 9.17) is 0 Å². The lowest BCUT2D eigenvalue weighted by atomic mass is 9.86. The average molecular weight is 254 g/mol. The molecule has 92 valence electrons. The Labute approximate surface area is 97.4 Å². The second-order valence-corrected chi connectivity index (χ2v) is 5.18. The molecule has 0 radical (unpaired) electrons. The van der Waals surface area contributed by atoms with Gasteiger partial charge in [0.2, 0.25) is 11.3 Å². The molecular weight excluding hydrogens is 239 g/mol. The zero-order valence-corrected chi connectivity index (χ0v) is 10.5. The number of rotatable bonds is 0. The molecule has 0 spiro atoms. The van der Waals surface area contributed by atoms with Crippen molar-refractivity contribution < 1.29 is 17.3 Å². The van der Waals surface area contributed by atoms with Crippen LogP contribution in [0.3, 0.4) is 0 Å². The van der Waals surface area contributed by atoms with Crippen LogP contribution in [-0.4, -0.2) is 7.25 Å².